The Balaban J connectivity index is 1.32. The van der Waals surface area contributed by atoms with Gasteiger partial charge in [-0.05, 0) is 78.8 Å². The Morgan fingerprint density at radius 2 is 1.86 bits per heavy atom. The summed E-state index contributed by atoms with van der Waals surface area (Å²) in [4.78, 5) is 13.4. The monoisotopic (exact) mass is 507 g/mol. The van der Waals surface area contributed by atoms with E-state index in [0.717, 1.165) is 39.7 Å². The van der Waals surface area contributed by atoms with Crippen LogP contribution in [0.4, 0.5) is 11.8 Å². The molecule has 5 nitrogen and oxygen atoms in total. The molecule has 4 rings (SSSR count). The van der Waals surface area contributed by atoms with Crippen molar-refractivity contribution in [2.75, 3.05) is 17.2 Å². The smallest absolute Gasteiger partial charge is 0.222 e. The fraction of sp³-hybridized carbons (Fsp3) is 0.381. The van der Waals surface area contributed by atoms with Crippen molar-refractivity contribution in [2.24, 2.45) is 5.92 Å². The van der Waals surface area contributed by atoms with Gasteiger partial charge in [0.25, 0.3) is 0 Å². The molecular weight excluding hydrogens is 485 g/mol. The molecule has 3 aromatic rings. The number of halogens is 2. The Morgan fingerprint density at radius 1 is 1.11 bits per heavy atom. The quantitative estimate of drug-likeness (QED) is 0.436. The molecule has 0 bridgehead atoms. The maximum absolute atomic E-state index is 6.47. The van der Waals surface area contributed by atoms with Crippen LogP contribution >= 0.6 is 34.2 Å². The molecule has 2 aromatic heterocycles. The summed E-state index contributed by atoms with van der Waals surface area (Å²) in [5.74, 6) is 2.15. The number of benzene rings is 1. The molecule has 28 heavy (non-hydrogen) atoms. The van der Waals surface area contributed by atoms with E-state index in [1.165, 1.54) is 18.4 Å². The molecule has 146 valence electrons. The highest BCUT2D eigenvalue weighted by Crippen LogP contribution is 2.30. The molecule has 0 radical (unpaired) electrons. The van der Waals surface area contributed by atoms with Gasteiger partial charge in [0.05, 0.1) is 10.5 Å². The number of anilines is 2. The molecule has 1 aromatic carbocycles. The largest absolute Gasteiger partial charge is 0.366 e. The van der Waals surface area contributed by atoms with Crippen molar-refractivity contribution in [3.63, 3.8) is 0 Å². The van der Waals surface area contributed by atoms with Crippen molar-refractivity contribution in [2.45, 2.75) is 38.6 Å². The summed E-state index contributed by atoms with van der Waals surface area (Å²) in [6, 6.07) is 8.68. The summed E-state index contributed by atoms with van der Waals surface area (Å²) < 4.78 is 1.05. The number of hydrogen-bond acceptors (Lipinski definition) is 5. The summed E-state index contributed by atoms with van der Waals surface area (Å²) in [7, 11) is 0. The molecule has 1 aliphatic carbocycles. The van der Waals surface area contributed by atoms with Crippen molar-refractivity contribution in [1.29, 1.82) is 0 Å². The highest BCUT2D eigenvalue weighted by atomic mass is 127. The summed E-state index contributed by atoms with van der Waals surface area (Å²) in [6.07, 6.45) is 8.23. The third-order valence-electron chi connectivity index (χ3n) is 5.28. The number of rotatable bonds is 5. The van der Waals surface area contributed by atoms with Crippen LogP contribution in [0.3, 0.4) is 0 Å². The Labute approximate surface area is 183 Å². The van der Waals surface area contributed by atoms with E-state index in [2.05, 4.69) is 68.3 Å². The van der Waals surface area contributed by atoms with Crippen molar-refractivity contribution >= 4 is 56.9 Å². The standard InChI is InChI=1S/C21H23ClIN5/c1-13-2-5-15-9-18(22)20(28-19(15)8-13)27-17-6-3-14(4-7-17)10-24-21-25-11-16(23)12-26-21/h2,5,8-9,11-12,14,17H,3-4,6-7,10H2,1H3,(H,27,28)(H,24,25,26). The van der Waals surface area contributed by atoms with E-state index in [-0.39, 0.29) is 0 Å². The average molecular weight is 508 g/mol. The predicted octanol–water partition coefficient (Wildman–Crippen LogP) is 5.67. The van der Waals surface area contributed by atoms with Gasteiger partial charge in [-0.15, -0.1) is 0 Å². The second-order valence-electron chi connectivity index (χ2n) is 7.48. The van der Waals surface area contributed by atoms with E-state index in [1.807, 2.05) is 18.5 Å². The van der Waals surface area contributed by atoms with Crippen LogP contribution in [-0.2, 0) is 0 Å². The second kappa shape index (κ2) is 8.78. The zero-order chi connectivity index (χ0) is 19.5. The molecule has 0 amide bonds. The van der Waals surface area contributed by atoms with Crippen molar-refractivity contribution in [3.8, 4) is 0 Å². The molecule has 1 saturated carbocycles. The first kappa shape index (κ1) is 19.6. The maximum atomic E-state index is 6.47. The van der Waals surface area contributed by atoms with Gasteiger partial charge in [-0.3, -0.25) is 0 Å². The van der Waals surface area contributed by atoms with Crippen LogP contribution < -0.4 is 10.6 Å². The molecule has 0 spiro atoms. The number of nitrogens with one attached hydrogen (secondary N) is 2. The average Bonchev–Trinajstić information content (AvgIpc) is 2.69. The summed E-state index contributed by atoms with van der Waals surface area (Å²) >= 11 is 8.68. The summed E-state index contributed by atoms with van der Waals surface area (Å²) in [5, 5.41) is 8.70. The lowest BCUT2D eigenvalue weighted by Gasteiger charge is -2.29. The Kier molecular flexibility index (Phi) is 6.16. The SMILES string of the molecule is Cc1ccc2cc(Cl)c(NC3CCC(CNc4ncc(I)cn4)CC3)nc2c1. The molecule has 0 unspecified atom stereocenters. The molecule has 0 aliphatic heterocycles. The Bertz CT molecular complexity index is 955. The van der Waals surface area contributed by atoms with Gasteiger partial charge >= 0.3 is 0 Å². The first-order chi connectivity index (χ1) is 13.6. The lowest BCUT2D eigenvalue weighted by molar-refractivity contribution is 0.350. The number of aromatic nitrogens is 3. The predicted molar refractivity (Wildman–Crippen MR) is 124 cm³/mol. The lowest BCUT2D eigenvalue weighted by Crippen LogP contribution is -2.29. The van der Waals surface area contributed by atoms with E-state index in [0.29, 0.717) is 22.9 Å². The van der Waals surface area contributed by atoms with Gasteiger partial charge in [0.15, 0.2) is 0 Å². The lowest BCUT2D eigenvalue weighted by atomic mass is 9.86. The number of pyridine rings is 1. The zero-order valence-corrected chi connectivity index (χ0v) is 18.7. The van der Waals surface area contributed by atoms with Crippen LogP contribution in [-0.4, -0.2) is 27.5 Å². The third kappa shape index (κ3) is 4.84. The van der Waals surface area contributed by atoms with Crippen molar-refractivity contribution in [1.82, 2.24) is 15.0 Å². The van der Waals surface area contributed by atoms with Crippen molar-refractivity contribution in [3.05, 3.63) is 50.8 Å². The second-order valence-corrected chi connectivity index (χ2v) is 9.14. The van der Waals surface area contributed by atoms with Crippen LogP contribution in [0.1, 0.15) is 31.2 Å². The van der Waals surface area contributed by atoms with Gasteiger partial charge in [0.1, 0.15) is 5.82 Å². The molecule has 0 atom stereocenters. The number of hydrogen-bond donors (Lipinski definition) is 2. The summed E-state index contributed by atoms with van der Waals surface area (Å²) in [5.41, 5.74) is 2.20. The zero-order valence-electron chi connectivity index (χ0n) is 15.8. The number of nitrogens with zero attached hydrogens (tertiary/aromatic N) is 3. The number of aryl methyl sites for hydroxylation is 1. The van der Waals surface area contributed by atoms with Crippen LogP contribution in [0.5, 0.6) is 0 Å². The third-order valence-corrected chi connectivity index (χ3v) is 6.13. The van der Waals surface area contributed by atoms with E-state index < -0.39 is 0 Å². The molecule has 1 aliphatic rings. The minimum Gasteiger partial charge on any atom is -0.366 e. The molecule has 1 fully saturated rings. The fourth-order valence-electron chi connectivity index (χ4n) is 3.70. The fourth-order valence-corrected chi connectivity index (χ4v) is 4.19. The highest BCUT2D eigenvalue weighted by molar-refractivity contribution is 14.1. The molecular formula is C21H23ClIN5. The Morgan fingerprint density at radius 3 is 2.61 bits per heavy atom. The van der Waals surface area contributed by atoms with E-state index in [1.54, 1.807) is 0 Å². The van der Waals surface area contributed by atoms with Crippen LogP contribution in [0, 0.1) is 16.4 Å². The van der Waals surface area contributed by atoms with Gasteiger partial charge in [0, 0.05) is 33.9 Å². The first-order valence-corrected chi connectivity index (χ1v) is 11.1. The molecule has 7 heteroatoms. The van der Waals surface area contributed by atoms with Gasteiger partial charge in [-0.25, -0.2) is 15.0 Å². The van der Waals surface area contributed by atoms with Crippen molar-refractivity contribution < 1.29 is 0 Å². The van der Waals surface area contributed by atoms with E-state index >= 15 is 0 Å². The van der Waals surface area contributed by atoms with Crippen LogP contribution in [0.25, 0.3) is 10.9 Å². The highest BCUT2D eigenvalue weighted by Gasteiger charge is 2.22. The summed E-state index contributed by atoms with van der Waals surface area (Å²) in [6.45, 7) is 3.00. The van der Waals surface area contributed by atoms with Crippen LogP contribution in [0.15, 0.2) is 36.7 Å². The molecule has 2 heterocycles. The minimum atomic E-state index is 0.415. The molecule has 2 N–H and O–H groups in total. The Hall–Kier alpha value is -1.67. The van der Waals surface area contributed by atoms with Gasteiger partial charge < -0.3 is 10.6 Å². The van der Waals surface area contributed by atoms with E-state index in [9.17, 15) is 0 Å². The normalized spacial score (nSPS) is 19.5. The molecule has 0 saturated heterocycles. The minimum absolute atomic E-state index is 0.415. The van der Waals surface area contributed by atoms with Gasteiger partial charge in [-0.1, -0.05) is 23.7 Å². The van der Waals surface area contributed by atoms with Gasteiger partial charge in [0.2, 0.25) is 5.95 Å². The van der Waals surface area contributed by atoms with E-state index in [4.69, 9.17) is 16.6 Å². The topological polar surface area (TPSA) is 62.7 Å². The first-order valence-electron chi connectivity index (χ1n) is 9.61. The maximum Gasteiger partial charge on any atom is 0.222 e. The van der Waals surface area contributed by atoms with Gasteiger partial charge in [-0.2, -0.15) is 0 Å². The van der Waals surface area contributed by atoms with Crippen LogP contribution in [0.2, 0.25) is 5.02 Å². The number of fused-ring (bicyclic) bond motifs is 1.